The van der Waals surface area contributed by atoms with Gasteiger partial charge in [0.25, 0.3) is 5.91 Å². The summed E-state index contributed by atoms with van der Waals surface area (Å²) in [5, 5.41) is 4.19. The zero-order chi connectivity index (χ0) is 18.5. The Morgan fingerprint density at radius 1 is 1.23 bits per heavy atom. The maximum atomic E-state index is 12.9. The molecule has 1 spiro atoms. The van der Waals surface area contributed by atoms with Gasteiger partial charge in [-0.25, -0.2) is 0 Å². The topological polar surface area (TPSA) is 66.6 Å². The van der Waals surface area contributed by atoms with Gasteiger partial charge in [-0.1, -0.05) is 0 Å². The Kier molecular flexibility index (Phi) is 3.87. The van der Waals surface area contributed by atoms with Crippen LogP contribution in [0.25, 0.3) is 0 Å². The number of nitrogens with zero attached hydrogens (tertiary/aromatic N) is 6. The molecule has 2 aliphatic rings. The summed E-state index contributed by atoms with van der Waals surface area (Å²) in [6, 6.07) is 3.73. The first-order chi connectivity index (χ1) is 12.4. The molecule has 4 rings (SSSR count). The van der Waals surface area contributed by atoms with Crippen molar-refractivity contribution in [2.24, 2.45) is 14.1 Å². The van der Waals surface area contributed by atoms with E-state index in [4.69, 9.17) is 0 Å². The number of rotatable bonds is 2. The summed E-state index contributed by atoms with van der Waals surface area (Å²) < 4.78 is 3.55. The average molecular weight is 356 g/mol. The maximum Gasteiger partial charge on any atom is 0.270 e. The number of hydrogen-bond donors (Lipinski definition) is 0. The van der Waals surface area contributed by atoms with Gasteiger partial charge in [-0.05, 0) is 25.6 Å². The van der Waals surface area contributed by atoms with E-state index in [1.807, 2.05) is 60.0 Å². The van der Waals surface area contributed by atoms with Crippen LogP contribution in [-0.2, 0) is 18.9 Å². The highest BCUT2D eigenvalue weighted by molar-refractivity contribution is 5.96. The van der Waals surface area contributed by atoms with Crippen molar-refractivity contribution in [3.63, 3.8) is 0 Å². The monoisotopic (exact) mass is 356 g/mol. The van der Waals surface area contributed by atoms with Crippen LogP contribution in [0, 0.1) is 0 Å². The van der Waals surface area contributed by atoms with Crippen molar-refractivity contribution in [2.75, 3.05) is 38.1 Å². The van der Waals surface area contributed by atoms with E-state index in [0.717, 1.165) is 12.1 Å². The fraction of sp³-hybridized carbons (Fsp3) is 0.500. The maximum absolute atomic E-state index is 12.9. The number of carbonyl (C=O) groups excluding carboxylic acids is 2. The number of piperazine rings is 1. The number of anilines is 1. The van der Waals surface area contributed by atoms with Crippen LogP contribution >= 0.6 is 0 Å². The van der Waals surface area contributed by atoms with Gasteiger partial charge in [0.1, 0.15) is 5.69 Å². The molecule has 0 saturated carbocycles. The Bertz CT molecular complexity index is 855. The van der Waals surface area contributed by atoms with Gasteiger partial charge in [0, 0.05) is 46.1 Å². The van der Waals surface area contributed by atoms with Gasteiger partial charge in [-0.2, -0.15) is 5.10 Å². The lowest BCUT2D eigenvalue weighted by Crippen LogP contribution is -2.64. The van der Waals surface area contributed by atoms with Crippen LogP contribution < -0.4 is 4.90 Å². The van der Waals surface area contributed by atoms with Crippen LogP contribution in [0.1, 0.15) is 16.9 Å². The van der Waals surface area contributed by atoms with Gasteiger partial charge in [0.15, 0.2) is 0 Å². The number of likely N-dealkylation sites (N-methyl/N-ethyl adjacent to an activating group) is 1. The second-order valence-corrected chi connectivity index (χ2v) is 7.41. The van der Waals surface area contributed by atoms with Crippen molar-refractivity contribution < 1.29 is 9.59 Å². The fourth-order valence-corrected chi connectivity index (χ4v) is 4.06. The van der Waals surface area contributed by atoms with E-state index in [2.05, 4.69) is 10.00 Å². The molecule has 138 valence electrons. The second kappa shape index (κ2) is 5.98. The van der Waals surface area contributed by atoms with E-state index in [1.54, 1.807) is 10.9 Å². The third kappa shape index (κ3) is 2.61. The van der Waals surface area contributed by atoms with Gasteiger partial charge >= 0.3 is 0 Å². The van der Waals surface area contributed by atoms with Crippen molar-refractivity contribution in [1.29, 1.82) is 0 Å². The van der Waals surface area contributed by atoms with Gasteiger partial charge in [0.05, 0.1) is 24.0 Å². The highest BCUT2D eigenvalue weighted by Gasteiger charge is 2.49. The first-order valence-electron chi connectivity index (χ1n) is 8.80. The molecule has 2 saturated heterocycles. The van der Waals surface area contributed by atoms with Gasteiger partial charge < -0.3 is 14.4 Å². The number of hydrogen-bond acceptors (Lipinski definition) is 4. The largest absolute Gasteiger partial charge is 0.347 e. The lowest BCUT2D eigenvalue weighted by molar-refractivity contribution is -0.123. The Labute approximate surface area is 152 Å². The molecule has 8 nitrogen and oxygen atoms in total. The molecule has 2 aliphatic heterocycles. The lowest BCUT2D eigenvalue weighted by Gasteiger charge is -2.46. The molecule has 1 atom stereocenters. The third-order valence-electron chi connectivity index (χ3n) is 5.72. The molecule has 2 fully saturated rings. The molecule has 26 heavy (non-hydrogen) atoms. The number of aromatic nitrogens is 3. The van der Waals surface area contributed by atoms with Crippen molar-refractivity contribution in [3.8, 4) is 0 Å². The number of carbonyl (C=O) groups is 2. The molecule has 2 amide bonds. The average Bonchev–Trinajstić information content (AvgIpc) is 3.31. The Morgan fingerprint density at radius 3 is 2.69 bits per heavy atom. The quantitative estimate of drug-likeness (QED) is 0.777. The summed E-state index contributed by atoms with van der Waals surface area (Å²) in [6.07, 6.45) is 6.32. The highest BCUT2D eigenvalue weighted by Crippen LogP contribution is 2.33. The van der Waals surface area contributed by atoms with Crippen molar-refractivity contribution in [2.45, 2.75) is 12.0 Å². The first kappa shape index (κ1) is 16.8. The van der Waals surface area contributed by atoms with Crippen molar-refractivity contribution in [3.05, 3.63) is 36.4 Å². The molecule has 0 radical (unpaired) electrons. The standard InChI is InChI=1S/C18H24N6O2/c1-20-7-4-5-15(20)17(26)23-8-6-18(12-23)13-24(16(25)11-21(18)2)14-9-19-22(3)10-14/h4-5,7,9-10H,6,8,11-13H2,1-3H3/t18-/m1/s1. The van der Waals surface area contributed by atoms with E-state index >= 15 is 0 Å². The van der Waals surface area contributed by atoms with E-state index < -0.39 is 0 Å². The minimum atomic E-state index is -0.218. The number of aryl methyl sites for hydroxylation is 2. The van der Waals surface area contributed by atoms with Crippen LogP contribution in [0.3, 0.4) is 0 Å². The van der Waals surface area contributed by atoms with Crippen LogP contribution in [0.5, 0.6) is 0 Å². The van der Waals surface area contributed by atoms with Crippen LogP contribution in [0.4, 0.5) is 5.69 Å². The first-order valence-corrected chi connectivity index (χ1v) is 8.80. The molecular weight excluding hydrogens is 332 g/mol. The molecule has 2 aromatic heterocycles. The van der Waals surface area contributed by atoms with Gasteiger partial charge in [-0.3, -0.25) is 19.2 Å². The summed E-state index contributed by atoms with van der Waals surface area (Å²) in [5.74, 6) is 0.117. The molecule has 2 aromatic rings. The Hall–Kier alpha value is -2.61. The van der Waals surface area contributed by atoms with E-state index in [-0.39, 0.29) is 17.4 Å². The zero-order valence-corrected chi connectivity index (χ0v) is 15.4. The smallest absolute Gasteiger partial charge is 0.270 e. The van der Waals surface area contributed by atoms with Crippen LogP contribution in [-0.4, -0.2) is 74.7 Å². The zero-order valence-electron chi connectivity index (χ0n) is 15.4. The summed E-state index contributed by atoms with van der Waals surface area (Å²) >= 11 is 0. The normalized spacial score (nSPS) is 24.0. The molecule has 0 N–H and O–H groups in total. The van der Waals surface area contributed by atoms with Crippen molar-refractivity contribution in [1.82, 2.24) is 24.1 Å². The molecule has 0 bridgehead atoms. The molecular formula is C18H24N6O2. The highest BCUT2D eigenvalue weighted by atomic mass is 16.2. The SMILES string of the molecule is CN1CC(=O)N(c2cnn(C)c2)C[C@]12CCN(C(=O)c1cccn1C)C2. The second-order valence-electron chi connectivity index (χ2n) is 7.41. The van der Waals surface area contributed by atoms with Crippen molar-refractivity contribution >= 4 is 17.5 Å². The molecule has 0 unspecified atom stereocenters. The van der Waals surface area contributed by atoms with Gasteiger partial charge in [-0.15, -0.1) is 0 Å². The van der Waals surface area contributed by atoms with E-state index in [1.165, 1.54) is 0 Å². The summed E-state index contributed by atoms with van der Waals surface area (Å²) in [5.41, 5.74) is 1.29. The van der Waals surface area contributed by atoms with Crippen LogP contribution in [0.15, 0.2) is 30.7 Å². The summed E-state index contributed by atoms with van der Waals surface area (Å²) in [4.78, 5) is 31.3. The third-order valence-corrected chi connectivity index (χ3v) is 5.72. The van der Waals surface area contributed by atoms with Crippen LogP contribution in [0.2, 0.25) is 0 Å². The van der Waals surface area contributed by atoms with E-state index in [0.29, 0.717) is 31.9 Å². The molecule has 0 aliphatic carbocycles. The Balaban J connectivity index is 1.57. The summed E-state index contributed by atoms with van der Waals surface area (Å²) in [6.45, 7) is 2.24. The molecule has 0 aromatic carbocycles. The molecule has 4 heterocycles. The van der Waals surface area contributed by atoms with E-state index in [9.17, 15) is 9.59 Å². The number of likely N-dealkylation sites (tertiary alicyclic amines) is 1. The minimum Gasteiger partial charge on any atom is -0.347 e. The van der Waals surface area contributed by atoms with Gasteiger partial charge in [0.2, 0.25) is 5.91 Å². The number of amides is 2. The molecule has 8 heteroatoms. The summed E-state index contributed by atoms with van der Waals surface area (Å²) in [7, 11) is 5.71. The minimum absolute atomic E-state index is 0.0487. The lowest BCUT2D eigenvalue weighted by atomic mass is 9.93. The predicted molar refractivity (Wildman–Crippen MR) is 96.9 cm³/mol. The Morgan fingerprint density at radius 2 is 2.04 bits per heavy atom. The fourth-order valence-electron chi connectivity index (χ4n) is 4.06. The predicted octanol–water partition coefficient (Wildman–Crippen LogP) is 0.322.